The Morgan fingerprint density at radius 1 is 0.886 bits per heavy atom. The van der Waals surface area contributed by atoms with Gasteiger partial charge < -0.3 is 19.5 Å². The van der Waals surface area contributed by atoms with E-state index in [1.807, 2.05) is 31.2 Å². The summed E-state index contributed by atoms with van der Waals surface area (Å²) in [4.78, 5) is 26.0. The number of nitrogens with zero attached hydrogens (tertiary/aromatic N) is 1. The lowest BCUT2D eigenvalue weighted by molar-refractivity contribution is -0.150. The largest absolute Gasteiger partial charge is 0.484 e. The molecule has 3 aromatic carbocycles. The Kier molecular flexibility index (Phi) is 9.38. The van der Waals surface area contributed by atoms with Crippen LogP contribution in [0.5, 0.6) is 5.75 Å². The summed E-state index contributed by atoms with van der Waals surface area (Å²) < 4.78 is 24.3. The number of carbonyl (C=O) groups excluding carboxylic acids is 1. The van der Waals surface area contributed by atoms with Gasteiger partial charge in [-0.05, 0) is 54.8 Å². The fraction of sp³-hybridized carbons (Fsp3) is 0.286. The van der Waals surface area contributed by atoms with E-state index in [9.17, 15) is 19.1 Å². The summed E-state index contributed by atoms with van der Waals surface area (Å²) in [5.41, 5.74) is 3.73. The molecule has 0 aliphatic heterocycles. The van der Waals surface area contributed by atoms with Gasteiger partial charge in [-0.2, -0.15) is 0 Å². The number of carboxylic acid groups (broad SMARTS) is 1. The van der Waals surface area contributed by atoms with Crippen LogP contribution < -0.4 is 4.74 Å². The maximum Gasteiger partial charge on any atom is 0.333 e. The first-order chi connectivity index (χ1) is 16.8. The quantitative estimate of drug-likeness (QED) is 0.405. The zero-order valence-corrected chi connectivity index (χ0v) is 19.9. The van der Waals surface area contributed by atoms with Crippen molar-refractivity contribution in [3.05, 3.63) is 101 Å². The first kappa shape index (κ1) is 25.9. The average Bonchev–Trinajstić information content (AvgIpc) is 2.85. The number of benzene rings is 3. The van der Waals surface area contributed by atoms with E-state index in [0.717, 1.165) is 22.3 Å². The number of rotatable bonds is 12. The molecule has 35 heavy (non-hydrogen) atoms. The highest BCUT2D eigenvalue weighted by atomic mass is 19.1. The number of carboxylic acids is 1. The van der Waals surface area contributed by atoms with Gasteiger partial charge in [-0.15, -0.1) is 0 Å². The van der Waals surface area contributed by atoms with Crippen LogP contribution >= 0.6 is 0 Å². The Hall–Kier alpha value is -3.71. The number of ether oxygens (including phenoxy) is 2. The molecule has 1 amide bonds. The van der Waals surface area contributed by atoms with E-state index < -0.39 is 12.1 Å². The number of aliphatic carboxylic acids is 1. The van der Waals surface area contributed by atoms with Gasteiger partial charge in [0, 0.05) is 26.1 Å². The second-order valence-electron chi connectivity index (χ2n) is 8.28. The lowest BCUT2D eigenvalue weighted by atomic mass is 10.1. The van der Waals surface area contributed by atoms with Gasteiger partial charge in [-0.1, -0.05) is 54.1 Å². The molecular formula is C28H30FNO5. The molecule has 0 fully saturated rings. The van der Waals surface area contributed by atoms with Crippen molar-refractivity contribution >= 4 is 11.9 Å². The Bertz CT molecular complexity index is 1050. The minimum Gasteiger partial charge on any atom is -0.484 e. The molecule has 7 heteroatoms. The van der Waals surface area contributed by atoms with Crippen molar-refractivity contribution < 1.29 is 28.6 Å². The Labute approximate surface area is 204 Å². The molecule has 0 saturated carbocycles. The topological polar surface area (TPSA) is 76.1 Å². The van der Waals surface area contributed by atoms with E-state index in [2.05, 4.69) is 0 Å². The molecule has 0 spiro atoms. The number of halogens is 1. The lowest BCUT2D eigenvalue weighted by Crippen LogP contribution is -2.34. The zero-order valence-electron chi connectivity index (χ0n) is 19.9. The van der Waals surface area contributed by atoms with E-state index in [0.29, 0.717) is 25.4 Å². The molecule has 1 N–H and O–H groups in total. The molecule has 0 aliphatic rings. The molecule has 6 nitrogen and oxygen atoms in total. The summed E-state index contributed by atoms with van der Waals surface area (Å²) in [6, 6.07) is 21.0. The maximum atomic E-state index is 13.3. The second kappa shape index (κ2) is 12.7. The normalized spacial score (nSPS) is 11.6. The summed E-state index contributed by atoms with van der Waals surface area (Å²) in [6.07, 6.45) is -0.667. The van der Waals surface area contributed by atoms with Gasteiger partial charge in [0.1, 0.15) is 11.6 Å². The van der Waals surface area contributed by atoms with Crippen molar-refractivity contribution in [1.29, 1.82) is 0 Å². The predicted octanol–water partition coefficient (Wildman–Crippen LogP) is 4.77. The maximum absolute atomic E-state index is 13.3. The minimum absolute atomic E-state index is 0.164. The van der Waals surface area contributed by atoms with Gasteiger partial charge in [0.25, 0.3) is 5.91 Å². The van der Waals surface area contributed by atoms with Gasteiger partial charge in [0.05, 0.1) is 0 Å². The van der Waals surface area contributed by atoms with Crippen molar-refractivity contribution in [2.24, 2.45) is 0 Å². The van der Waals surface area contributed by atoms with Crippen LogP contribution in [-0.2, 0) is 33.8 Å². The van der Waals surface area contributed by atoms with Crippen molar-refractivity contribution in [2.45, 2.75) is 39.5 Å². The highest BCUT2D eigenvalue weighted by molar-refractivity contribution is 5.77. The average molecular weight is 480 g/mol. The summed E-state index contributed by atoms with van der Waals surface area (Å²) in [6.45, 7) is 4.63. The monoisotopic (exact) mass is 479 g/mol. The van der Waals surface area contributed by atoms with Crippen LogP contribution in [-0.4, -0.2) is 41.2 Å². The molecule has 1 atom stereocenters. The van der Waals surface area contributed by atoms with Crippen LogP contribution in [0, 0.1) is 12.7 Å². The van der Waals surface area contributed by atoms with Crippen molar-refractivity contribution in [1.82, 2.24) is 4.90 Å². The van der Waals surface area contributed by atoms with Crippen molar-refractivity contribution in [2.75, 3.05) is 13.2 Å². The van der Waals surface area contributed by atoms with E-state index in [-0.39, 0.29) is 24.8 Å². The zero-order chi connectivity index (χ0) is 25.2. The first-order valence-corrected chi connectivity index (χ1v) is 11.5. The number of hydrogen-bond acceptors (Lipinski definition) is 4. The van der Waals surface area contributed by atoms with Crippen molar-refractivity contribution in [3.63, 3.8) is 0 Å². The molecule has 0 aliphatic carbocycles. The van der Waals surface area contributed by atoms with Crippen LogP contribution in [0.15, 0.2) is 72.8 Å². The lowest BCUT2D eigenvalue weighted by Gasteiger charge is -2.23. The summed E-state index contributed by atoms with van der Waals surface area (Å²) in [5.74, 6) is -1.04. The number of amides is 1. The van der Waals surface area contributed by atoms with Crippen LogP contribution in [0.1, 0.15) is 29.2 Å². The van der Waals surface area contributed by atoms with Crippen molar-refractivity contribution in [3.8, 4) is 5.75 Å². The molecular weight excluding hydrogens is 449 g/mol. The summed E-state index contributed by atoms with van der Waals surface area (Å²) >= 11 is 0. The number of hydrogen-bond donors (Lipinski definition) is 1. The Morgan fingerprint density at radius 3 is 1.97 bits per heavy atom. The van der Waals surface area contributed by atoms with Crippen LogP contribution in [0.2, 0.25) is 0 Å². The summed E-state index contributed by atoms with van der Waals surface area (Å²) in [5, 5.41) is 9.25. The van der Waals surface area contributed by atoms with E-state index >= 15 is 0 Å². The van der Waals surface area contributed by atoms with E-state index in [1.165, 1.54) is 12.1 Å². The third-order valence-electron chi connectivity index (χ3n) is 5.48. The SMILES string of the molecule is CCO[C@@H](Cc1ccc(OCC(=O)N(Cc2ccc(C)cc2)Cc2ccc(F)cc2)cc1)C(=O)O. The van der Waals surface area contributed by atoms with Crippen LogP contribution in [0.25, 0.3) is 0 Å². The summed E-state index contributed by atoms with van der Waals surface area (Å²) in [7, 11) is 0. The van der Waals surface area contributed by atoms with Crippen LogP contribution in [0.4, 0.5) is 4.39 Å². The molecule has 3 aromatic rings. The number of aryl methyl sites for hydroxylation is 1. The molecule has 0 aromatic heterocycles. The standard InChI is InChI=1S/C28H30FNO5/c1-3-34-26(28(32)33)16-21-10-14-25(15-11-21)35-19-27(31)30(17-22-6-4-20(2)5-7-22)18-23-8-12-24(29)13-9-23/h4-15,26H,3,16-19H2,1-2H3,(H,32,33)/t26-/m0/s1. The van der Waals surface area contributed by atoms with Crippen LogP contribution in [0.3, 0.4) is 0 Å². The Morgan fingerprint density at radius 2 is 1.43 bits per heavy atom. The second-order valence-corrected chi connectivity index (χ2v) is 8.28. The highest BCUT2D eigenvalue weighted by Crippen LogP contribution is 2.16. The fourth-order valence-electron chi connectivity index (χ4n) is 3.55. The third kappa shape index (κ3) is 8.22. The molecule has 0 saturated heterocycles. The van der Waals surface area contributed by atoms with Gasteiger partial charge >= 0.3 is 5.97 Å². The van der Waals surface area contributed by atoms with Gasteiger partial charge in [0.2, 0.25) is 0 Å². The number of carbonyl (C=O) groups is 2. The molecule has 0 bridgehead atoms. The smallest absolute Gasteiger partial charge is 0.333 e. The fourth-order valence-corrected chi connectivity index (χ4v) is 3.55. The van der Waals surface area contributed by atoms with Gasteiger partial charge in [-0.3, -0.25) is 4.79 Å². The molecule has 3 rings (SSSR count). The third-order valence-corrected chi connectivity index (χ3v) is 5.48. The van der Waals surface area contributed by atoms with Gasteiger partial charge in [0.15, 0.2) is 12.7 Å². The molecule has 184 valence electrons. The van der Waals surface area contributed by atoms with E-state index in [1.54, 1.807) is 48.2 Å². The highest BCUT2D eigenvalue weighted by Gasteiger charge is 2.18. The van der Waals surface area contributed by atoms with Gasteiger partial charge in [-0.25, -0.2) is 9.18 Å². The minimum atomic E-state index is -1.01. The predicted molar refractivity (Wildman–Crippen MR) is 131 cm³/mol. The van der Waals surface area contributed by atoms with E-state index in [4.69, 9.17) is 9.47 Å². The Balaban J connectivity index is 1.64. The molecule has 0 unspecified atom stereocenters. The first-order valence-electron chi connectivity index (χ1n) is 11.5. The molecule has 0 heterocycles. The molecule has 0 radical (unpaired) electrons.